The van der Waals surface area contributed by atoms with Crippen molar-refractivity contribution in [3.05, 3.63) is 86.1 Å². The molecule has 0 spiro atoms. The van der Waals surface area contributed by atoms with Crippen molar-refractivity contribution >= 4 is 34.5 Å². The molecule has 0 aliphatic rings. The van der Waals surface area contributed by atoms with Gasteiger partial charge in [-0.25, -0.2) is 4.98 Å². The molecular formula is C23H21ClN4O2S. The Morgan fingerprint density at radius 2 is 1.97 bits per heavy atom. The molecule has 0 fully saturated rings. The molecule has 2 N–H and O–H groups in total. The van der Waals surface area contributed by atoms with Gasteiger partial charge in [0.25, 0.3) is 5.56 Å². The molecule has 1 amide bonds. The second-order valence-electron chi connectivity index (χ2n) is 7.24. The summed E-state index contributed by atoms with van der Waals surface area (Å²) in [5.74, 6) is -0.169. The van der Waals surface area contributed by atoms with Crippen molar-refractivity contribution in [3.8, 4) is 16.4 Å². The molecule has 0 unspecified atom stereocenters. The third-order valence-corrected chi connectivity index (χ3v) is 6.08. The molecule has 8 heteroatoms. The van der Waals surface area contributed by atoms with Crippen LogP contribution in [0.1, 0.15) is 23.2 Å². The van der Waals surface area contributed by atoms with E-state index in [1.807, 2.05) is 55.6 Å². The van der Waals surface area contributed by atoms with Crippen molar-refractivity contribution in [1.82, 2.24) is 14.8 Å². The number of halogens is 1. The largest absolute Gasteiger partial charge is 0.326 e. The van der Waals surface area contributed by atoms with Crippen LogP contribution in [0.15, 0.2) is 58.7 Å². The zero-order valence-electron chi connectivity index (χ0n) is 17.1. The van der Waals surface area contributed by atoms with Gasteiger partial charge in [0, 0.05) is 39.3 Å². The summed E-state index contributed by atoms with van der Waals surface area (Å²) in [5.41, 5.74) is 4.54. The fraction of sp³-hybridized carbons (Fsp3) is 0.174. The molecule has 158 valence electrons. The fourth-order valence-corrected chi connectivity index (χ4v) is 4.26. The Labute approximate surface area is 188 Å². The lowest BCUT2D eigenvalue weighted by Crippen LogP contribution is -2.19. The van der Waals surface area contributed by atoms with Crippen LogP contribution in [0.2, 0.25) is 5.02 Å². The maximum absolute atomic E-state index is 13.0. The number of nitrogens with one attached hydrogen (secondary N) is 2. The Morgan fingerprint density at radius 1 is 1.19 bits per heavy atom. The monoisotopic (exact) mass is 452 g/mol. The first kappa shape index (κ1) is 21.1. The van der Waals surface area contributed by atoms with Crippen molar-refractivity contribution in [2.75, 3.05) is 5.32 Å². The quantitative estimate of drug-likeness (QED) is 0.425. The highest BCUT2D eigenvalue weighted by atomic mass is 35.5. The smallest absolute Gasteiger partial charge is 0.276 e. The van der Waals surface area contributed by atoms with Gasteiger partial charge in [-0.15, -0.1) is 11.3 Å². The molecule has 0 radical (unpaired) electrons. The van der Waals surface area contributed by atoms with E-state index in [4.69, 9.17) is 11.6 Å². The zero-order chi connectivity index (χ0) is 22.0. The number of anilines is 1. The summed E-state index contributed by atoms with van der Waals surface area (Å²) in [6.45, 7) is 3.73. The van der Waals surface area contributed by atoms with E-state index < -0.39 is 0 Å². The van der Waals surface area contributed by atoms with E-state index in [1.165, 1.54) is 16.0 Å². The number of H-pyrrole nitrogens is 1. The number of hydrogen-bond acceptors (Lipinski definition) is 4. The molecule has 0 atom stereocenters. The summed E-state index contributed by atoms with van der Waals surface area (Å²) in [5, 5.41) is 9.00. The van der Waals surface area contributed by atoms with E-state index in [1.54, 1.807) is 12.1 Å². The van der Waals surface area contributed by atoms with Gasteiger partial charge < -0.3 is 5.32 Å². The molecule has 0 saturated heterocycles. The number of amides is 1. The predicted octanol–water partition coefficient (Wildman–Crippen LogP) is 5.13. The molecule has 0 aliphatic heterocycles. The third kappa shape index (κ3) is 4.62. The van der Waals surface area contributed by atoms with Crippen LogP contribution in [0.4, 0.5) is 5.69 Å². The number of carbonyl (C=O) groups excluding carboxylic acids is 1. The molecule has 31 heavy (non-hydrogen) atoms. The van der Waals surface area contributed by atoms with E-state index >= 15 is 0 Å². The SMILES string of the molecule is Cc1ccc(Cl)cc1NC(=O)CCc1c(C)[nH]n(-c2nc(-c3ccccc3)cs2)c1=O. The summed E-state index contributed by atoms with van der Waals surface area (Å²) >= 11 is 7.40. The number of hydrogen-bond donors (Lipinski definition) is 2. The minimum atomic E-state index is -0.182. The van der Waals surface area contributed by atoms with Crippen LogP contribution in [0.5, 0.6) is 0 Å². The van der Waals surface area contributed by atoms with Crippen LogP contribution in [-0.2, 0) is 11.2 Å². The third-order valence-electron chi connectivity index (χ3n) is 5.02. The number of aromatic nitrogens is 3. The van der Waals surface area contributed by atoms with Crippen LogP contribution in [0.3, 0.4) is 0 Å². The first-order valence-electron chi connectivity index (χ1n) is 9.80. The number of nitrogens with zero attached hydrogens (tertiary/aromatic N) is 2. The van der Waals surface area contributed by atoms with E-state index in [9.17, 15) is 9.59 Å². The molecule has 6 nitrogen and oxygen atoms in total. The second kappa shape index (κ2) is 8.91. The lowest BCUT2D eigenvalue weighted by Gasteiger charge is -2.08. The number of carbonyl (C=O) groups is 1. The Bertz CT molecular complexity index is 1290. The summed E-state index contributed by atoms with van der Waals surface area (Å²) in [6, 6.07) is 15.2. The highest BCUT2D eigenvalue weighted by Gasteiger charge is 2.16. The van der Waals surface area contributed by atoms with Gasteiger partial charge in [0.2, 0.25) is 11.0 Å². The molecule has 4 aromatic rings. The van der Waals surface area contributed by atoms with Gasteiger partial charge in [0.1, 0.15) is 0 Å². The van der Waals surface area contributed by atoms with E-state index in [0.717, 1.165) is 22.5 Å². The molecule has 0 aliphatic carbocycles. The van der Waals surface area contributed by atoms with Gasteiger partial charge in [-0.1, -0.05) is 48.0 Å². The number of thiazole rings is 1. The normalized spacial score (nSPS) is 10.9. The Balaban J connectivity index is 1.49. The average Bonchev–Trinajstić information content (AvgIpc) is 3.35. The van der Waals surface area contributed by atoms with Gasteiger partial charge in [-0.2, -0.15) is 4.68 Å². The van der Waals surface area contributed by atoms with Crippen molar-refractivity contribution in [3.63, 3.8) is 0 Å². The second-order valence-corrected chi connectivity index (χ2v) is 8.52. The van der Waals surface area contributed by atoms with Crippen molar-refractivity contribution < 1.29 is 4.79 Å². The highest BCUT2D eigenvalue weighted by Crippen LogP contribution is 2.24. The number of benzene rings is 2. The van der Waals surface area contributed by atoms with Gasteiger partial charge in [0.15, 0.2) is 0 Å². The van der Waals surface area contributed by atoms with Crippen LogP contribution in [0, 0.1) is 13.8 Å². The van der Waals surface area contributed by atoms with Crippen molar-refractivity contribution in [2.24, 2.45) is 0 Å². The summed E-state index contributed by atoms with van der Waals surface area (Å²) in [4.78, 5) is 30.0. The van der Waals surface area contributed by atoms with Gasteiger partial charge in [-0.05, 0) is 38.0 Å². The average molecular weight is 453 g/mol. The van der Waals surface area contributed by atoms with Crippen molar-refractivity contribution in [2.45, 2.75) is 26.7 Å². The fourth-order valence-electron chi connectivity index (χ4n) is 3.30. The molecular weight excluding hydrogens is 432 g/mol. The molecule has 0 bridgehead atoms. The minimum absolute atomic E-state index is 0.169. The van der Waals surface area contributed by atoms with Gasteiger partial charge in [0.05, 0.1) is 5.69 Å². The maximum atomic E-state index is 13.0. The molecule has 2 aromatic heterocycles. The number of aryl methyl sites for hydroxylation is 2. The van der Waals surface area contributed by atoms with E-state index in [0.29, 0.717) is 27.8 Å². The lowest BCUT2D eigenvalue weighted by atomic mass is 10.1. The minimum Gasteiger partial charge on any atom is -0.326 e. The number of rotatable bonds is 6. The van der Waals surface area contributed by atoms with Gasteiger partial charge in [-0.3, -0.25) is 14.7 Å². The standard InChI is InChI=1S/C23H21ClN4O2S/c1-14-8-9-17(24)12-19(14)25-21(29)11-10-18-15(2)27-28(22(18)30)23-26-20(13-31-23)16-6-4-3-5-7-16/h3-9,12-13,27H,10-11H2,1-2H3,(H,25,29). The predicted molar refractivity (Wildman–Crippen MR) is 125 cm³/mol. The Kier molecular flexibility index (Phi) is 6.06. The highest BCUT2D eigenvalue weighted by molar-refractivity contribution is 7.12. The van der Waals surface area contributed by atoms with E-state index in [-0.39, 0.29) is 17.9 Å². The molecule has 2 aromatic carbocycles. The van der Waals surface area contributed by atoms with Gasteiger partial charge >= 0.3 is 0 Å². The van der Waals surface area contributed by atoms with Crippen LogP contribution < -0.4 is 10.9 Å². The van der Waals surface area contributed by atoms with E-state index in [2.05, 4.69) is 15.4 Å². The zero-order valence-corrected chi connectivity index (χ0v) is 18.7. The van der Waals surface area contributed by atoms with Crippen molar-refractivity contribution in [1.29, 1.82) is 0 Å². The Morgan fingerprint density at radius 3 is 2.74 bits per heavy atom. The van der Waals surface area contributed by atoms with Crippen LogP contribution in [-0.4, -0.2) is 20.7 Å². The molecule has 0 saturated carbocycles. The van der Waals surface area contributed by atoms with Crippen LogP contribution in [0.25, 0.3) is 16.4 Å². The summed E-state index contributed by atoms with van der Waals surface area (Å²) in [6.07, 6.45) is 0.517. The van der Waals surface area contributed by atoms with Crippen LogP contribution >= 0.6 is 22.9 Å². The molecule has 4 rings (SSSR count). The summed E-state index contributed by atoms with van der Waals surface area (Å²) in [7, 11) is 0. The lowest BCUT2D eigenvalue weighted by molar-refractivity contribution is -0.116. The Hall–Kier alpha value is -3.16. The first-order valence-corrected chi connectivity index (χ1v) is 11.1. The topological polar surface area (TPSA) is 79.8 Å². The number of aromatic amines is 1. The first-order chi connectivity index (χ1) is 14.9. The maximum Gasteiger partial charge on any atom is 0.276 e. The molecule has 2 heterocycles. The summed E-state index contributed by atoms with van der Waals surface area (Å²) < 4.78 is 1.45.